The number of piperidine rings is 1. The smallest absolute Gasteiger partial charge is 0.374 e. The molecule has 0 spiro atoms. The molecular weight excluding hydrogens is 258 g/mol. The van der Waals surface area contributed by atoms with Gasteiger partial charge in [0.25, 0.3) is 0 Å². The monoisotopic (exact) mass is 281 g/mol. The number of hydrogen-bond donors (Lipinski definition) is 1. The molecule has 0 radical (unpaired) electrons. The minimum Gasteiger partial charge on any atom is -0.460 e. The fourth-order valence-corrected chi connectivity index (χ4v) is 2.73. The van der Waals surface area contributed by atoms with E-state index in [1.165, 1.54) is 0 Å². The van der Waals surface area contributed by atoms with Gasteiger partial charge in [-0.1, -0.05) is 6.42 Å². The highest BCUT2D eigenvalue weighted by Crippen LogP contribution is 2.23. The zero-order valence-electron chi connectivity index (χ0n) is 12.2. The van der Waals surface area contributed by atoms with Crippen LogP contribution >= 0.6 is 0 Å². The molecule has 1 aromatic rings. The highest BCUT2D eigenvalue weighted by atomic mass is 16.5. The van der Waals surface area contributed by atoms with Crippen molar-refractivity contribution in [2.24, 2.45) is 0 Å². The van der Waals surface area contributed by atoms with Gasteiger partial charge in [-0.3, -0.25) is 4.90 Å². The molecular formula is C15H23NO4. The third kappa shape index (κ3) is 3.61. The number of nitrogens with zero attached hydrogens (tertiary/aromatic N) is 1. The Labute approximate surface area is 119 Å². The van der Waals surface area contributed by atoms with E-state index >= 15 is 0 Å². The molecule has 0 amide bonds. The number of furan rings is 1. The number of aliphatic hydroxyl groups excluding tert-OH is 1. The average molecular weight is 281 g/mol. The number of ether oxygens (including phenoxy) is 1. The van der Waals surface area contributed by atoms with Gasteiger partial charge in [0.05, 0.1) is 19.3 Å². The normalized spacial score (nSPS) is 21.6. The molecule has 112 valence electrons. The van der Waals surface area contributed by atoms with Crippen molar-refractivity contribution in [2.75, 3.05) is 13.2 Å². The van der Waals surface area contributed by atoms with Crippen molar-refractivity contribution in [3.8, 4) is 0 Å². The van der Waals surface area contributed by atoms with Gasteiger partial charge >= 0.3 is 5.97 Å². The standard InChI is InChI=1S/C15H23NO4/c1-3-19-15(18)14-8-7-12(20-14)10-16-9-5-4-6-13(16)11(2)17/h7-8,11,13,17H,3-6,9-10H2,1-2H3. The lowest BCUT2D eigenvalue weighted by Crippen LogP contribution is -2.45. The molecule has 0 saturated carbocycles. The summed E-state index contributed by atoms with van der Waals surface area (Å²) in [5, 5.41) is 9.84. The number of carbonyl (C=O) groups is 1. The van der Waals surface area contributed by atoms with E-state index in [4.69, 9.17) is 9.15 Å². The van der Waals surface area contributed by atoms with E-state index in [-0.39, 0.29) is 17.9 Å². The minimum absolute atomic E-state index is 0.167. The van der Waals surface area contributed by atoms with Crippen molar-refractivity contribution in [2.45, 2.75) is 51.8 Å². The lowest BCUT2D eigenvalue weighted by molar-refractivity contribution is 0.0270. The van der Waals surface area contributed by atoms with Crippen LogP contribution in [0.5, 0.6) is 0 Å². The number of hydrogen-bond acceptors (Lipinski definition) is 5. The van der Waals surface area contributed by atoms with Crippen molar-refractivity contribution >= 4 is 5.97 Å². The minimum atomic E-state index is -0.426. The molecule has 1 fully saturated rings. The Bertz CT molecular complexity index is 441. The van der Waals surface area contributed by atoms with Gasteiger partial charge in [-0.15, -0.1) is 0 Å². The van der Waals surface area contributed by atoms with Gasteiger partial charge in [0, 0.05) is 6.04 Å². The Morgan fingerprint density at radius 2 is 2.35 bits per heavy atom. The molecule has 2 unspecified atom stereocenters. The second-order valence-electron chi connectivity index (χ2n) is 5.26. The van der Waals surface area contributed by atoms with E-state index in [9.17, 15) is 9.90 Å². The Kier molecular flexibility index (Phi) is 5.20. The molecule has 0 bridgehead atoms. The van der Waals surface area contributed by atoms with Gasteiger partial charge in [-0.25, -0.2) is 4.79 Å². The van der Waals surface area contributed by atoms with E-state index in [2.05, 4.69) is 4.90 Å². The number of likely N-dealkylation sites (tertiary alicyclic amines) is 1. The van der Waals surface area contributed by atoms with Gasteiger partial charge in [0.15, 0.2) is 0 Å². The molecule has 0 aliphatic carbocycles. The van der Waals surface area contributed by atoms with Gasteiger partial charge in [0.1, 0.15) is 5.76 Å². The topological polar surface area (TPSA) is 62.9 Å². The zero-order valence-corrected chi connectivity index (χ0v) is 12.2. The van der Waals surface area contributed by atoms with Crippen molar-refractivity contribution in [1.29, 1.82) is 0 Å². The summed E-state index contributed by atoms with van der Waals surface area (Å²) in [7, 11) is 0. The molecule has 1 N–H and O–H groups in total. The summed E-state index contributed by atoms with van der Waals surface area (Å²) in [6.45, 7) is 5.50. The molecule has 2 atom stereocenters. The Morgan fingerprint density at radius 3 is 3.05 bits per heavy atom. The molecule has 0 aromatic carbocycles. The van der Waals surface area contributed by atoms with Gasteiger partial charge in [-0.2, -0.15) is 0 Å². The second kappa shape index (κ2) is 6.90. The quantitative estimate of drug-likeness (QED) is 0.838. The van der Waals surface area contributed by atoms with Crippen LogP contribution in [0, 0.1) is 0 Å². The average Bonchev–Trinajstić information content (AvgIpc) is 2.88. The summed E-state index contributed by atoms with van der Waals surface area (Å²) in [6.07, 6.45) is 2.94. The zero-order chi connectivity index (χ0) is 14.5. The molecule has 1 saturated heterocycles. The van der Waals surface area contributed by atoms with Crippen LogP contribution < -0.4 is 0 Å². The van der Waals surface area contributed by atoms with Crippen LogP contribution in [0.3, 0.4) is 0 Å². The van der Waals surface area contributed by atoms with Crippen molar-refractivity contribution in [3.05, 3.63) is 23.7 Å². The lowest BCUT2D eigenvalue weighted by atomic mass is 9.98. The second-order valence-corrected chi connectivity index (χ2v) is 5.26. The predicted molar refractivity (Wildman–Crippen MR) is 74.4 cm³/mol. The Balaban J connectivity index is 2.00. The van der Waals surface area contributed by atoms with E-state index in [0.29, 0.717) is 13.2 Å². The maximum atomic E-state index is 11.6. The van der Waals surface area contributed by atoms with Gasteiger partial charge in [0.2, 0.25) is 5.76 Å². The van der Waals surface area contributed by atoms with E-state index in [1.807, 2.05) is 6.92 Å². The predicted octanol–water partition coefficient (Wildman–Crippen LogP) is 2.19. The van der Waals surface area contributed by atoms with Crippen LogP contribution in [0.2, 0.25) is 0 Å². The van der Waals surface area contributed by atoms with Crippen molar-refractivity contribution in [1.82, 2.24) is 4.90 Å². The van der Waals surface area contributed by atoms with E-state index < -0.39 is 5.97 Å². The molecule has 2 rings (SSSR count). The Morgan fingerprint density at radius 1 is 1.55 bits per heavy atom. The summed E-state index contributed by atoms with van der Waals surface area (Å²) in [5.41, 5.74) is 0. The Hall–Kier alpha value is -1.33. The van der Waals surface area contributed by atoms with Gasteiger partial charge in [-0.05, 0) is 45.4 Å². The third-order valence-electron chi connectivity index (χ3n) is 3.72. The van der Waals surface area contributed by atoms with Crippen LogP contribution in [0.4, 0.5) is 0 Å². The van der Waals surface area contributed by atoms with E-state index in [0.717, 1.165) is 31.6 Å². The summed E-state index contributed by atoms with van der Waals surface area (Å²) in [6, 6.07) is 3.62. The summed E-state index contributed by atoms with van der Waals surface area (Å²) < 4.78 is 10.4. The first-order chi connectivity index (χ1) is 9.61. The molecule has 1 aliphatic rings. The summed E-state index contributed by atoms with van der Waals surface area (Å²) >= 11 is 0. The van der Waals surface area contributed by atoms with Crippen molar-refractivity contribution < 1.29 is 19.1 Å². The first-order valence-corrected chi connectivity index (χ1v) is 7.29. The van der Waals surface area contributed by atoms with Crippen LogP contribution in [-0.2, 0) is 11.3 Å². The van der Waals surface area contributed by atoms with Crippen LogP contribution in [0.15, 0.2) is 16.5 Å². The van der Waals surface area contributed by atoms with Crippen LogP contribution in [0.1, 0.15) is 49.4 Å². The van der Waals surface area contributed by atoms with E-state index in [1.54, 1.807) is 19.1 Å². The van der Waals surface area contributed by atoms with Gasteiger partial charge < -0.3 is 14.3 Å². The van der Waals surface area contributed by atoms with Crippen LogP contribution in [0.25, 0.3) is 0 Å². The lowest BCUT2D eigenvalue weighted by Gasteiger charge is -2.36. The number of esters is 1. The largest absolute Gasteiger partial charge is 0.460 e. The maximum Gasteiger partial charge on any atom is 0.374 e. The van der Waals surface area contributed by atoms with Crippen molar-refractivity contribution in [3.63, 3.8) is 0 Å². The molecule has 20 heavy (non-hydrogen) atoms. The molecule has 1 aliphatic heterocycles. The number of carbonyl (C=O) groups excluding carboxylic acids is 1. The first kappa shape index (κ1) is 15.1. The summed E-state index contributed by atoms with van der Waals surface area (Å²) in [4.78, 5) is 13.8. The number of rotatable bonds is 5. The first-order valence-electron chi connectivity index (χ1n) is 7.29. The molecule has 2 heterocycles. The fourth-order valence-electron chi connectivity index (χ4n) is 2.73. The van der Waals surface area contributed by atoms with Crippen LogP contribution in [-0.4, -0.2) is 41.3 Å². The molecule has 1 aromatic heterocycles. The maximum absolute atomic E-state index is 11.6. The number of aliphatic hydroxyl groups is 1. The molecule has 5 nitrogen and oxygen atoms in total. The SMILES string of the molecule is CCOC(=O)c1ccc(CN2CCCCC2C(C)O)o1. The third-order valence-corrected chi connectivity index (χ3v) is 3.72. The summed E-state index contributed by atoms with van der Waals surface area (Å²) in [5.74, 6) is 0.553. The molecule has 5 heteroatoms. The highest BCUT2D eigenvalue weighted by molar-refractivity contribution is 5.86. The fraction of sp³-hybridized carbons (Fsp3) is 0.667. The highest BCUT2D eigenvalue weighted by Gasteiger charge is 2.27.